The summed E-state index contributed by atoms with van der Waals surface area (Å²) < 4.78 is 0. The van der Waals surface area contributed by atoms with Gasteiger partial charge in [-0.15, -0.1) is 0 Å². The van der Waals surface area contributed by atoms with Crippen LogP contribution in [0.15, 0.2) is 84.9 Å². The first-order chi connectivity index (χ1) is 11.8. The van der Waals surface area contributed by atoms with Gasteiger partial charge in [-0.05, 0) is 29.7 Å². The second-order valence-electron chi connectivity index (χ2n) is 5.98. The molecule has 1 aromatic heterocycles. The molecule has 0 aliphatic heterocycles. The van der Waals surface area contributed by atoms with Gasteiger partial charge in [0.15, 0.2) is 0 Å². The van der Waals surface area contributed by atoms with Gasteiger partial charge in [-0.25, -0.2) is 0 Å². The molecule has 0 spiro atoms. The van der Waals surface area contributed by atoms with Crippen LogP contribution in [0, 0.1) is 6.92 Å². The molecule has 0 aliphatic rings. The van der Waals surface area contributed by atoms with E-state index in [1.807, 2.05) is 18.2 Å². The third-order valence-corrected chi connectivity index (χ3v) is 4.23. The van der Waals surface area contributed by atoms with Crippen molar-refractivity contribution in [3.05, 3.63) is 90.5 Å². The van der Waals surface area contributed by atoms with Crippen LogP contribution in [0.25, 0.3) is 33.6 Å². The first-order valence-corrected chi connectivity index (χ1v) is 8.08. The number of nitrogens with zero attached hydrogens (tertiary/aromatic N) is 1. The summed E-state index contributed by atoms with van der Waals surface area (Å²) >= 11 is 0. The van der Waals surface area contributed by atoms with Crippen molar-refractivity contribution in [2.24, 2.45) is 0 Å². The first-order valence-electron chi connectivity index (χ1n) is 8.08. The van der Waals surface area contributed by atoms with Crippen LogP contribution < -0.4 is 0 Å². The highest BCUT2D eigenvalue weighted by Gasteiger charge is 2.06. The molecule has 3 aromatic carbocycles. The van der Waals surface area contributed by atoms with Crippen molar-refractivity contribution in [3.8, 4) is 33.6 Å². The van der Waals surface area contributed by atoms with E-state index >= 15 is 0 Å². The highest BCUT2D eigenvalue weighted by Crippen LogP contribution is 2.26. The lowest BCUT2D eigenvalue weighted by atomic mass is 10.0. The van der Waals surface area contributed by atoms with Gasteiger partial charge in [-0.2, -0.15) is 5.10 Å². The minimum Gasteiger partial charge on any atom is -0.277 e. The van der Waals surface area contributed by atoms with Crippen LogP contribution >= 0.6 is 0 Å². The maximum absolute atomic E-state index is 4.43. The molecule has 116 valence electrons. The third-order valence-electron chi connectivity index (χ3n) is 4.23. The first kappa shape index (κ1) is 14.5. The van der Waals surface area contributed by atoms with Gasteiger partial charge in [-0.3, -0.25) is 5.10 Å². The summed E-state index contributed by atoms with van der Waals surface area (Å²) in [6, 6.07) is 29.5. The molecule has 0 atom stereocenters. The largest absolute Gasteiger partial charge is 0.277 e. The van der Waals surface area contributed by atoms with Crippen molar-refractivity contribution >= 4 is 0 Å². The van der Waals surface area contributed by atoms with Crippen LogP contribution in [-0.4, -0.2) is 10.2 Å². The molecule has 0 fully saturated rings. The summed E-state index contributed by atoms with van der Waals surface area (Å²) in [7, 11) is 0. The van der Waals surface area contributed by atoms with E-state index in [4.69, 9.17) is 0 Å². The number of benzene rings is 3. The normalized spacial score (nSPS) is 10.7. The average Bonchev–Trinajstić information content (AvgIpc) is 3.13. The fraction of sp³-hybridized carbons (Fsp3) is 0.0455. The summed E-state index contributed by atoms with van der Waals surface area (Å²) in [5, 5.41) is 7.57. The van der Waals surface area contributed by atoms with E-state index in [1.54, 1.807) is 0 Å². The Kier molecular flexibility index (Phi) is 3.72. The molecular formula is C22H18N2. The molecule has 1 N–H and O–H groups in total. The molecule has 0 saturated carbocycles. The van der Waals surface area contributed by atoms with Crippen molar-refractivity contribution in [1.82, 2.24) is 10.2 Å². The predicted octanol–water partition coefficient (Wildman–Crippen LogP) is 5.72. The number of hydrogen-bond donors (Lipinski definition) is 1. The number of aromatic nitrogens is 2. The highest BCUT2D eigenvalue weighted by molar-refractivity contribution is 5.71. The molecule has 1 heterocycles. The maximum atomic E-state index is 4.43. The molecule has 4 rings (SSSR count). The molecule has 24 heavy (non-hydrogen) atoms. The molecule has 0 saturated heterocycles. The zero-order chi connectivity index (χ0) is 16.4. The molecule has 0 radical (unpaired) electrons. The van der Waals surface area contributed by atoms with Crippen LogP contribution in [0.3, 0.4) is 0 Å². The van der Waals surface area contributed by atoms with Crippen molar-refractivity contribution in [2.75, 3.05) is 0 Å². The van der Waals surface area contributed by atoms with Gasteiger partial charge in [0, 0.05) is 5.56 Å². The fourth-order valence-corrected chi connectivity index (χ4v) is 2.81. The monoisotopic (exact) mass is 310 g/mol. The maximum Gasteiger partial charge on any atom is 0.0927 e. The van der Waals surface area contributed by atoms with E-state index < -0.39 is 0 Å². The summed E-state index contributed by atoms with van der Waals surface area (Å²) in [5.41, 5.74) is 8.00. The molecule has 0 amide bonds. The Morgan fingerprint density at radius 3 is 1.88 bits per heavy atom. The Hall–Kier alpha value is -3.13. The fourth-order valence-electron chi connectivity index (χ4n) is 2.81. The topological polar surface area (TPSA) is 28.7 Å². The van der Waals surface area contributed by atoms with Crippen LogP contribution in [0.5, 0.6) is 0 Å². The molecular weight excluding hydrogens is 292 g/mol. The number of nitrogens with one attached hydrogen (secondary N) is 1. The van der Waals surface area contributed by atoms with Crippen molar-refractivity contribution < 1.29 is 0 Å². The van der Waals surface area contributed by atoms with Gasteiger partial charge in [0.05, 0.1) is 11.4 Å². The molecule has 0 aliphatic carbocycles. The summed E-state index contributed by atoms with van der Waals surface area (Å²) in [6.45, 7) is 2.11. The van der Waals surface area contributed by atoms with Gasteiger partial charge in [0.2, 0.25) is 0 Å². The zero-order valence-electron chi connectivity index (χ0n) is 13.5. The quantitative estimate of drug-likeness (QED) is 0.515. The van der Waals surface area contributed by atoms with Crippen LogP contribution in [0.2, 0.25) is 0 Å². The van der Waals surface area contributed by atoms with Crippen LogP contribution in [0.1, 0.15) is 5.56 Å². The van der Waals surface area contributed by atoms with E-state index in [0.717, 1.165) is 22.5 Å². The lowest BCUT2D eigenvalue weighted by Gasteiger charge is -2.04. The molecule has 2 heteroatoms. The van der Waals surface area contributed by atoms with E-state index in [1.165, 1.54) is 16.7 Å². The van der Waals surface area contributed by atoms with E-state index in [0.29, 0.717) is 0 Å². The number of H-pyrrole nitrogens is 1. The van der Waals surface area contributed by atoms with Gasteiger partial charge in [0.25, 0.3) is 0 Å². The Labute approximate surface area is 141 Å². The van der Waals surface area contributed by atoms with Crippen molar-refractivity contribution in [1.29, 1.82) is 0 Å². The second-order valence-corrected chi connectivity index (χ2v) is 5.98. The van der Waals surface area contributed by atoms with E-state index in [-0.39, 0.29) is 0 Å². The van der Waals surface area contributed by atoms with Crippen molar-refractivity contribution in [2.45, 2.75) is 6.92 Å². The Balaban J connectivity index is 1.61. The number of hydrogen-bond acceptors (Lipinski definition) is 1. The number of rotatable bonds is 3. The highest BCUT2D eigenvalue weighted by atomic mass is 15.1. The van der Waals surface area contributed by atoms with E-state index in [9.17, 15) is 0 Å². The standard InChI is InChI=1S/C22H18N2/c1-16-7-9-17(10-8-16)18-11-13-20(14-12-18)22-15-21(23-24-22)19-5-3-2-4-6-19/h2-15H,1H3,(H,23,24). The Morgan fingerprint density at radius 2 is 1.21 bits per heavy atom. The SMILES string of the molecule is Cc1ccc(-c2ccc(-c3cc(-c4ccccc4)n[nH]3)cc2)cc1. The van der Waals surface area contributed by atoms with Gasteiger partial charge in [0.1, 0.15) is 0 Å². The second kappa shape index (κ2) is 6.17. The average molecular weight is 310 g/mol. The predicted molar refractivity (Wildman–Crippen MR) is 99.6 cm³/mol. The lowest BCUT2D eigenvalue weighted by molar-refractivity contribution is 1.10. The summed E-state index contributed by atoms with van der Waals surface area (Å²) in [6.07, 6.45) is 0. The minimum atomic E-state index is 0.966. The van der Waals surface area contributed by atoms with Crippen molar-refractivity contribution in [3.63, 3.8) is 0 Å². The van der Waals surface area contributed by atoms with Crippen LogP contribution in [0.4, 0.5) is 0 Å². The molecule has 4 aromatic rings. The Bertz CT molecular complexity index is 933. The van der Waals surface area contributed by atoms with Crippen LogP contribution in [-0.2, 0) is 0 Å². The van der Waals surface area contributed by atoms with Gasteiger partial charge in [-0.1, -0.05) is 84.4 Å². The molecule has 2 nitrogen and oxygen atoms in total. The molecule has 0 bridgehead atoms. The van der Waals surface area contributed by atoms with E-state index in [2.05, 4.69) is 83.9 Å². The van der Waals surface area contributed by atoms with Gasteiger partial charge < -0.3 is 0 Å². The smallest absolute Gasteiger partial charge is 0.0927 e. The third kappa shape index (κ3) is 2.86. The number of aromatic amines is 1. The Morgan fingerprint density at radius 1 is 0.625 bits per heavy atom. The lowest BCUT2D eigenvalue weighted by Crippen LogP contribution is -1.81. The minimum absolute atomic E-state index is 0.966. The number of aryl methyl sites for hydroxylation is 1. The zero-order valence-corrected chi connectivity index (χ0v) is 13.5. The summed E-state index contributed by atoms with van der Waals surface area (Å²) in [5.74, 6) is 0. The summed E-state index contributed by atoms with van der Waals surface area (Å²) in [4.78, 5) is 0. The van der Waals surface area contributed by atoms with Gasteiger partial charge >= 0.3 is 0 Å². The molecule has 0 unspecified atom stereocenters.